The molecule has 0 heterocycles. The van der Waals surface area contributed by atoms with Crippen molar-refractivity contribution < 1.29 is 19.4 Å². The molecule has 0 radical (unpaired) electrons. The summed E-state index contributed by atoms with van der Waals surface area (Å²) >= 11 is 0. The van der Waals surface area contributed by atoms with Crippen molar-refractivity contribution in [2.75, 3.05) is 0 Å². The first-order valence-corrected chi connectivity index (χ1v) is 6.36. The van der Waals surface area contributed by atoms with Gasteiger partial charge in [-0.15, -0.1) is 0 Å². The highest BCUT2D eigenvalue weighted by atomic mass is 16.6. The SMILES string of the molecule is CC(OC(C)(C)C)C(OCc1ccccc1)C(=O)O. The number of hydrogen-bond acceptors (Lipinski definition) is 3. The Balaban J connectivity index is 2.61. The van der Waals surface area contributed by atoms with E-state index in [0.717, 1.165) is 5.56 Å². The first-order valence-electron chi connectivity index (χ1n) is 6.36. The lowest BCUT2D eigenvalue weighted by molar-refractivity contribution is -0.171. The van der Waals surface area contributed by atoms with Gasteiger partial charge >= 0.3 is 5.97 Å². The molecule has 1 N–H and O–H groups in total. The van der Waals surface area contributed by atoms with Crippen LogP contribution in [0.2, 0.25) is 0 Å². The average Bonchev–Trinajstić information content (AvgIpc) is 2.27. The molecule has 1 rings (SSSR count). The van der Waals surface area contributed by atoms with Gasteiger partial charge in [0.15, 0.2) is 6.10 Å². The van der Waals surface area contributed by atoms with Gasteiger partial charge in [0.25, 0.3) is 0 Å². The topological polar surface area (TPSA) is 55.8 Å². The zero-order valence-electron chi connectivity index (χ0n) is 11.9. The van der Waals surface area contributed by atoms with Gasteiger partial charge in [-0.1, -0.05) is 30.3 Å². The maximum absolute atomic E-state index is 11.2. The number of hydrogen-bond donors (Lipinski definition) is 1. The van der Waals surface area contributed by atoms with Gasteiger partial charge in [-0.25, -0.2) is 4.79 Å². The fourth-order valence-corrected chi connectivity index (χ4v) is 1.79. The fourth-order valence-electron chi connectivity index (χ4n) is 1.79. The summed E-state index contributed by atoms with van der Waals surface area (Å²) in [4.78, 5) is 11.2. The van der Waals surface area contributed by atoms with E-state index in [9.17, 15) is 9.90 Å². The third-order valence-electron chi connectivity index (χ3n) is 2.48. The summed E-state index contributed by atoms with van der Waals surface area (Å²) < 4.78 is 11.1. The van der Waals surface area contributed by atoms with Gasteiger partial charge < -0.3 is 14.6 Å². The van der Waals surface area contributed by atoms with E-state index in [-0.39, 0.29) is 6.61 Å². The first-order chi connectivity index (χ1) is 8.79. The number of benzene rings is 1. The summed E-state index contributed by atoms with van der Waals surface area (Å²) in [6, 6.07) is 9.49. The minimum Gasteiger partial charge on any atom is -0.479 e. The minimum atomic E-state index is -1.01. The van der Waals surface area contributed by atoms with Gasteiger partial charge in [0.1, 0.15) is 0 Å². The molecule has 0 fully saturated rings. The second kappa shape index (κ2) is 6.68. The lowest BCUT2D eigenvalue weighted by Gasteiger charge is -2.28. The molecule has 0 saturated heterocycles. The van der Waals surface area contributed by atoms with Crippen molar-refractivity contribution in [1.29, 1.82) is 0 Å². The molecule has 0 saturated carbocycles. The molecule has 0 aromatic heterocycles. The van der Waals surface area contributed by atoms with E-state index < -0.39 is 23.8 Å². The highest BCUT2D eigenvalue weighted by molar-refractivity contribution is 5.73. The van der Waals surface area contributed by atoms with Crippen molar-refractivity contribution in [2.45, 2.75) is 52.1 Å². The molecule has 0 spiro atoms. The van der Waals surface area contributed by atoms with E-state index in [1.165, 1.54) is 0 Å². The molecule has 1 aromatic rings. The maximum Gasteiger partial charge on any atom is 0.335 e. The minimum absolute atomic E-state index is 0.260. The summed E-state index contributed by atoms with van der Waals surface area (Å²) in [5, 5.41) is 9.21. The second-order valence-corrected chi connectivity index (χ2v) is 5.49. The Hall–Kier alpha value is -1.39. The lowest BCUT2D eigenvalue weighted by Crippen LogP contribution is -2.40. The fraction of sp³-hybridized carbons (Fsp3) is 0.533. The van der Waals surface area contributed by atoms with Crippen LogP contribution in [0.25, 0.3) is 0 Å². The number of rotatable bonds is 6. The van der Waals surface area contributed by atoms with Crippen molar-refractivity contribution in [3.63, 3.8) is 0 Å². The molecule has 4 nitrogen and oxygen atoms in total. The molecule has 2 atom stereocenters. The molecular weight excluding hydrogens is 244 g/mol. The molecular formula is C15H22O4. The van der Waals surface area contributed by atoms with Gasteiger partial charge in [-0.05, 0) is 33.3 Å². The number of carboxylic acid groups (broad SMARTS) is 1. The Morgan fingerprint density at radius 2 is 1.84 bits per heavy atom. The maximum atomic E-state index is 11.2. The smallest absolute Gasteiger partial charge is 0.335 e. The first kappa shape index (κ1) is 15.7. The third kappa shape index (κ3) is 5.85. The van der Waals surface area contributed by atoms with Gasteiger partial charge in [0, 0.05) is 0 Å². The van der Waals surface area contributed by atoms with E-state index in [4.69, 9.17) is 9.47 Å². The van der Waals surface area contributed by atoms with E-state index in [0.29, 0.717) is 0 Å². The Morgan fingerprint density at radius 3 is 2.32 bits per heavy atom. The van der Waals surface area contributed by atoms with Crippen molar-refractivity contribution in [2.24, 2.45) is 0 Å². The zero-order chi connectivity index (χ0) is 14.5. The predicted octanol–water partition coefficient (Wildman–Crippen LogP) is 2.86. The summed E-state index contributed by atoms with van der Waals surface area (Å²) in [7, 11) is 0. The Kier molecular flexibility index (Phi) is 5.51. The van der Waals surface area contributed by atoms with Crippen LogP contribution in [0.3, 0.4) is 0 Å². The Labute approximate surface area is 114 Å². The van der Waals surface area contributed by atoms with Crippen molar-refractivity contribution in [1.82, 2.24) is 0 Å². The molecule has 1 aromatic carbocycles. The van der Waals surface area contributed by atoms with Crippen LogP contribution in [0.1, 0.15) is 33.3 Å². The Bertz CT molecular complexity index is 394. The summed E-state index contributed by atoms with van der Waals surface area (Å²) in [5.41, 5.74) is 0.542. The quantitative estimate of drug-likeness (QED) is 0.860. The standard InChI is InChI=1S/C15H22O4/c1-11(19-15(2,3)4)13(14(16)17)18-10-12-8-6-5-7-9-12/h5-9,11,13H,10H2,1-4H3,(H,16,17). The van der Waals surface area contributed by atoms with E-state index in [1.54, 1.807) is 6.92 Å². The summed E-state index contributed by atoms with van der Waals surface area (Å²) in [6.45, 7) is 7.64. The molecule has 2 unspecified atom stereocenters. The van der Waals surface area contributed by atoms with E-state index >= 15 is 0 Å². The van der Waals surface area contributed by atoms with E-state index in [2.05, 4.69) is 0 Å². The second-order valence-electron chi connectivity index (χ2n) is 5.49. The molecule has 0 amide bonds. The lowest BCUT2D eigenvalue weighted by atomic mass is 10.1. The molecule has 0 aliphatic heterocycles. The molecule has 19 heavy (non-hydrogen) atoms. The highest BCUT2D eigenvalue weighted by Gasteiger charge is 2.29. The Morgan fingerprint density at radius 1 is 1.26 bits per heavy atom. The van der Waals surface area contributed by atoms with Gasteiger partial charge in [-0.3, -0.25) is 0 Å². The van der Waals surface area contributed by atoms with Crippen LogP contribution in [0, 0.1) is 0 Å². The van der Waals surface area contributed by atoms with Crippen LogP contribution >= 0.6 is 0 Å². The van der Waals surface area contributed by atoms with Crippen molar-refractivity contribution in [3.8, 4) is 0 Å². The van der Waals surface area contributed by atoms with Crippen LogP contribution in [0.5, 0.6) is 0 Å². The normalized spacial score (nSPS) is 14.9. The summed E-state index contributed by atoms with van der Waals surface area (Å²) in [5.74, 6) is -1.01. The van der Waals surface area contributed by atoms with Gasteiger partial charge in [0.2, 0.25) is 0 Å². The highest BCUT2D eigenvalue weighted by Crippen LogP contribution is 2.16. The largest absolute Gasteiger partial charge is 0.479 e. The molecule has 0 aliphatic rings. The van der Waals surface area contributed by atoms with Crippen molar-refractivity contribution in [3.05, 3.63) is 35.9 Å². The van der Waals surface area contributed by atoms with Gasteiger partial charge in [0.05, 0.1) is 18.3 Å². The molecule has 4 heteroatoms. The van der Waals surface area contributed by atoms with Gasteiger partial charge in [-0.2, -0.15) is 0 Å². The van der Waals surface area contributed by atoms with Crippen LogP contribution in [-0.4, -0.2) is 28.9 Å². The number of carbonyl (C=O) groups is 1. The number of ether oxygens (including phenoxy) is 2. The molecule has 0 bridgehead atoms. The molecule has 0 aliphatic carbocycles. The predicted molar refractivity (Wildman–Crippen MR) is 73.0 cm³/mol. The van der Waals surface area contributed by atoms with Crippen LogP contribution < -0.4 is 0 Å². The summed E-state index contributed by atoms with van der Waals surface area (Å²) in [6.07, 6.45) is -1.49. The molecule has 106 valence electrons. The van der Waals surface area contributed by atoms with Crippen LogP contribution in [0.4, 0.5) is 0 Å². The number of carboxylic acids is 1. The van der Waals surface area contributed by atoms with Crippen molar-refractivity contribution >= 4 is 5.97 Å². The monoisotopic (exact) mass is 266 g/mol. The third-order valence-corrected chi connectivity index (χ3v) is 2.48. The number of aliphatic carboxylic acids is 1. The van der Waals surface area contributed by atoms with Crippen LogP contribution in [-0.2, 0) is 20.9 Å². The van der Waals surface area contributed by atoms with Crippen LogP contribution in [0.15, 0.2) is 30.3 Å². The van der Waals surface area contributed by atoms with E-state index in [1.807, 2.05) is 51.1 Å². The average molecular weight is 266 g/mol. The zero-order valence-corrected chi connectivity index (χ0v) is 11.9.